The van der Waals surface area contributed by atoms with Crippen LogP contribution >= 0.6 is 0 Å². The predicted octanol–water partition coefficient (Wildman–Crippen LogP) is 3.63. The molecule has 0 saturated heterocycles. The summed E-state index contributed by atoms with van der Waals surface area (Å²) in [4.78, 5) is 24.0. The smallest absolute Gasteiger partial charge is 0.314 e. The summed E-state index contributed by atoms with van der Waals surface area (Å²) in [5.41, 5.74) is 1.30. The number of carbonyl (C=O) groups is 2. The average molecular weight is 336 g/mol. The second-order valence-corrected chi connectivity index (χ2v) is 6.07. The van der Waals surface area contributed by atoms with Gasteiger partial charge in [0.25, 0.3) is 0 Å². The van der Waals surface area contributed by atoms with E-state index in [9.17, 15) is 9.59 Å². The van der Waals surface area contributed by atoms with E-state index in [-0.39, 0.29) is 23.4 Å². The van der Waals surface area contributed by atoms with Gasteiger partial charge in [-0.15, -0.1) is 0 Å². The van der Waals surface area contributed by atoms with Crippen LogP contribution in [0.5, 0.6) is 17.2 Å². The Morgan fingerprint density at radius 1 is 1.12 bits per heavy atom. The lowest BCUT2D eigenvalue weighted by Gasteiger charge is -2.04. The molecular weight excluding hydrogens is 320 g/mol. The zero-order valence-corrected chi connectivity index (χ0v) is 13.7. The topological polar surface area (TPSA) is 61.8 Å². The van der Waals surface area contributed by atoms with Crippen LogP contribution in [-0.4, -0.2) is 18.9 Å². The number of Topliss-reactive ketones (excluding diaryl/α,β-unsaturated/α-hetero) is 1. The molecule has 2 aromatic carbocycles. The molecule has 0 unspecified atom stereocenters. The van der Waals surface area contributed by atoms with Crippen LogP contribution in [-0.2, 0) is 4.79 Å². The molecule has 5 heteroatoms. The number of hydrogen-bond acceptors (Lipinski definition) is 5. The molecule has 1 heterocycles. The largest absolute Gasteiger partial charge is 0.497 e. The fourth-order valence-electron chi connectivity index (χ4n) is 2.60. The van der Waals surface area contributed by atoms with Gasteiger partial charge in [-0.25, -0.2) is 0 Å². The van der Waals surface area contributed by atoms with Crippen molar-refractivity contribution in [3.63, 3.8) is 0 Å². The molecule has 1 fully saturated rings. The van der Waals surface area contributed by atoms with Gasteiger partial charge in [-0.1, -0.05) is 12.1 Å². The van der Waals surface area contributed by atoms with Crippen LogP contribution < -0.4 is 14.2 Å². The van der Waals surface area contributed by atoms with E-state index in [2.05, 4.69) is 0 Å². The maximum Gasteiger partial charge on any atom is 0.314 e. The van der Waals surface area contributed by atoms with Crippen LogP contribution in [0.4, 0.5) is 0 Å². The van der Waals surface area contributed by atoms with E-state index in [0.717, 1.165) is 18.4 Å². The number of fused-ring (bicyclic) bond motifs is 1. The molecule has 1 saturated carbocycles. The highest BCUT2D eigenvalue weighted by molar-refractivity contribution is 6.14. The van der Waals surface area contributed by atoms with Crippen molar-refractivity contribution in [2.45, 2.75) is 12.8 Å². The van der Waals surface area contributed by atoms with Gasteiger partial charge in [0.15, 0.2) is 5.76 Å². The third-order valence-corrected chi connectivity index (χ3v) is 4.18. The van der Waals surface area contributed by atoms with E-state index < -0.39 is 0 Å². The summed E-state index contributed by atoms with van der Waals surface area (Å²) in [6.07, 6.45) is 3.49. The van der Waals surface area contributed by atoms with Gasteiger partial charge in [-0.05, 0) is 48.7 Å². The number of rotatable bonds is 4. The molecule has 0 aromatic heterocycles. The zero-order valence-electron chi connectivity index (χ0n) is 13.7. The van der Waals surface area contributed by atoms with Crippen LogP contribution in [0.1, 0.15) is 28.8 Å². The van der Waals surface area contributed by atoms with Crippen molar-refractivity contribution < 1.29 is 23.8 Å². The molecular formula is C20H16O5. The highest BCUT2D eigenvalue weighted by Crippen LogP contribution is 2.35. The molecule has 0 spiro atoms. The Kier molecular flexibility index (Phi) is 3.76. The summed E-state index contributed by atoms with van der Waals surface area (Å²) in [5.74, 6) is 1.60. The summed E-state index contributed by atoms with van der Waals surface area (Å²) in [6.45, 7) is 0. The molecule has 0 amide bonds. The SMILES string of the molecule is COc1ccc2c(c1)O/C(=C\c1ccc(OC(=O)C3CC3)cc1)C2=O. The van der Waals surface area contributed by atoms with Gasteiger partial charge < -0.3 is 14.2 Å². The fraction of sp³-hybridized carbons (Fsp3) is 0.200. The van der Waals surface area contributed by atoms with E-state index in [4.69, 9.17) is 14.2 Å². The summed E-state index contributed by atoms with van der Waals surface area (Å²) in [7, 11) is 1.56. The molecule has 126 valence electrons. The van der Waals surface area contributed by atoms with Crippen molar-refractivity contribution in [2.24, 2.45) is 5.92 Å². The molecule has 25 heavy (non-hydrogen) atoms. The quantitative estimate of drug-likeness (QED) is 0.485. The Labute approximate surface area is 144 Å². The average Bonchev–Trinajstić information content (AvgIpc) is 3.43. The summed E-state index contributed by atoms with van der Waals surface area (Å²) >= 11 is 0. The monoisotopic (exact) mass is 336 g/mol. The summed E-state index contributed by atoms with van der Waals surface area (Å²) in [5, 5.41) is 0. The molecule has 1 aliphatic carbocycles. The number of ketones is 1. The standard InChI is InChI=1S/C20H16O5/c1-23-15-8-9-16-17(11-15)25-18(19(16)21)10-12-2-6-14(7-3-12)24-20(22)13-4-5-13/h2-3,6-11,13H,4-5H2,1H3/b18-10-. The Morgan fingerprint density at radius 3 is 2.52 bits per heavy atom. The van der Waals surface area contributed by atoms with Crippen LogP contribution in [0.3, 0.4) is 0 Å². The Bertz CT molecular complexity index is 875. The van der Waals surface area contributed by atoms with Crippen molar-refractivity contribution >= 4 is 17.8 Å². The van der Waals surface area contributed by atoms with E-state index in [1.807, 2.05) is 0 Å². The zero-order chi connectivity index (χ0) is 17.4. The number of esters is 1. The van der Waals surface area contributed by atoms with Gasteiger partial charge in [0.2, 0.25) is 5.78 Å². The Morgan fingerprint density at radius 2 is 1.84 bits per heavy atom. The number of benzene rings is 2. The first-order chi connectivity index (χ1) is 12.1. The van der Waals surface area contributed by atoms with E-state index in [0.29, 0.717) is 22.8 Å². The number of ether oxygens (including phenoxy) is 3. The third-order valence-electron chi connectivity index (χ3n) is 4.18. The minimum absolute atomic E-state index is 0.0572. The van der Waals surface area contributed by atoms with Crippen molar-refractivity contribution in [3.05, 3.63) is 59.4 Å². The number of allylic oxidation sites excluding steroid dienone is 1. The van der Waals surface area contributed by atoms with Gasteiger partial charge in [0, 0.05) is 6.07 Å². The molecule has 4 rings (SSSR count). The van der Waals surface area contributed by atoms with Crippen LogP contribution in [0, 0.1) is 5.92 Å². The van der Waals surface area contributed by atoms with Crippen molar-refractivity contribution in [3.8, 4) is 17.2 Å². The van der Waals surface area contributed by atoms with Gasteiger partial charge in [0.05, 0.1) is 18.6 Å². The number of methoxy groups -OCH3 is 1. The minimum Gasteiger partial charge on any atom is -0.497 e. The van der Waals surface area contributed by atoms with Crippen LogP contribution in [0.15, 0.2) is 48.2 Å². The van der Waals surface area contributed by atoms with Gasteiger partial charge in [-0.3, -0.25) is 9.59 Å². The molecule has 0 bridgehead atoms. The van der Waals surface area contributed by atoms with E-state index in [1.54, 1.807) is 55.7 Å². The fourth-order valence-corrected chi connectivity index (χ4v) is 2.60. The Balaban J connectivity index is 1.51. The third kappa shape index (κ3) is 3.13. The Hall–Kier alpha value is -3.08. The molecule has 2 aromatic rings. The number of carbonyl (C=O) groups excluding carboxylic acids is 2. The second kappa shape index (κ2) is 6.09. The molecule has 0 atom stereocenters. The maximum absolute atomic E-state index is 12.4. The first kappa shape index (κ1) is 15.4. The summed E-state index contributed by atoms with van der Waals surface area (Å²) in [6, 6.07) is 12.1. The van der Waals surface area contributed by atoms with Gasteiger partial charge in [-0.2, -0.15) is 0 Å². The van der Waals surface area contributed by atoms with E-state index in [1.165, 1.54) is 0 Å². The highest BCUT2D eigenvalue weighted by Gasteiger charge is 2.31. The molecule has 5 nitrogen and oxygen atoms in total. The lowest BCUT2D eigenvalue weighted by molar-refractivity contribution is -0.135. The van der Waals surface area contributed by atoms with Gasteiger partial charge in [0.1, 0.15) is 17.2 Å². The highest BCUT2D eigenvalue weighted by atomic mass is 16.5. The minimum atomic E-state index is -0.176. The van der Waals surface area contributed by atoms with Crippen molar-refractivity contribution in [1.82, 2.24) is 0 Å². The van der Waals surface area contributed by atoms with Crippen LogP contribution in [0.25, 0.3) is 6.08 Å². The molecule has 2 aliphatic rings. The first-order valence-corrected chi connectivity index (χ1v) is 8.08. The predicted molar refractivity (Wildman–Crippen MR) is 90.7 cm³/mol. The second-order valence-electron chi connectivity index (χ2n) is 6.07. The first-order valence-electron chi connectivity index (χ1n) is 8.08. The van der Waals surface area contributed by atoms with Crippen molar-refractivity contribution in [1.29, 1.82) is 0 Å². The summed E-state index contributed by atoms with van der Waals surface area (Å²) < 4.78 is 16.1. The molecule has 0 radical (unpaired) electrons. The van der Waals surface area contributed by atoms with E-state index >= 15 is 0 Å². The lowest BCUT2D eigenvalue weighted by atomic mass is 10.1. The molecule has 0 N–H and O–H groups in total. The maximum atomic E-state index is 12.4. The normalized spacial score (nSPS) is 17.2. The lowest BCUT2D eigenvalue weighted by Crippen LogP contribution is -2.09. The van der Waals surface area contributed by atoms with Gasteiger partial charge >= 0.3 is 5.97 Å². The number of hydrogen-bond donors (Lipinski definition) is 0. The van der Waals surface area contributed by atoms with Crippen LogP contribution in [0.2, 0.25) is 0 Å². The van der Waals surface area contributed by atoms with Crippen molar-refractivity contribution in [2.75, 3.05) is 7.11 Å². The molecule has 1 aliphatic heterocycles.